The van der Waals surface area contributed by atoms with Crippen molar-refractivity contribution in [1.29, 1.82) is 0 Å². The van der Waals surface area contributed by atoms with Gasteiger partial charge < -0.3 is 14.2 Å². The van der Waals surface area contributed by atoms with E-state index >= 15 is 0 Å². The minimum atomic E-state index is -0.890. The molecule has 1 N–H and O–H groups in total. The number of Topliss-reactive ketones (excluding diaryl/α,β-unsaturated/α-hetero) is 1. The van der Waals surface area contributed by atoms with E-state index in [-0.39, 0.29) is 36.7 Å². The number of carbonyl (C=O) groups is 3. The Kier molecular flexibility index (Phi) is 6.88. The zero-order valence-electron chi connectivity index (χ0n) is 12.8. The fourth-order valence-corrected chi connectivity index (χ4v) is 1.63. The number of ketones is 1. The van der Waals surface area contributed by atoms with E-state index in [0.29, 0.717) is 5.69 Å². The second-order valence-corrected chi connectivity index (χ2v) is 4.12. The molecule has 0 spiro atoms. The highest BCUT2D eigenvalue weighted by molar-refractivity contribution is 6.00. The van der Waals surface area contributed by atoms with Gasteiger partial charge in [-0.2, -0.15) is 0 Å². The number of anilines is 1. The Morgan fingerprint density at radius 2 is 1.73 bits per heavy atom. The van der Waals surface area contributed by atoms with Crippen molar-refractivity contribution in [2.24, 2.45) is 0 Å². The average Bonchev–Trinajstić information content (AvgIpc) is 2.48. The third kappa shape index (κ3) is 5.08. The number of nitrogens with one attached hydrogen (secondary N) is 1. The van der Waals surface area contributed by atoms with Crippen molar-refractivity contribution in [2.75, 3.05) is 18.5 Å². The molecule has 0 aliphatic rings. The summed E-state index contributed by atoms with van der Waals surface area (Å²) in [5, 5.41) is 2.48. The van der Waals surface area contributed by atoms with E-state index in [4.69, 9.17) is 9.47 Å². The highest BCUT2D eigenvalue weighted by atomic mass is 16.7. The van der Waals surface area contributed by atoms with Gasteiger partial charge in [0.05, 0.1) is 18.8 Å². The van der Waals surface area contributed by atoms with Gasteiger partial charge in [0, 0.05) is 12.1 Å². The van der Waals surface area contributed by atoms with Gasteiger partial charge in [0.15, 0.2) is 5.78 Å². The van der Waals surface area contributed by atoms with E-state index < -0.39 is 12.2 Å². The largest absolute Gasteiger partial charge is 0.513 e. The van der Waals surface area contributed by atoms with Crippen molar-refractivity contribution in [3.8, 4) is 5.75 Å². The lowest BCUT2D eigenvalue weighted by atomic mass is 10.1. The third-order valence-corrected chi connectivity index (χ3v) is 2.58. The lowest BCUT2D eigenvalue weighted by Gasteiger charge is -2.11. The minimum Gasteiger partial charge on any atom is -0.450 e. The summed E-state index contributed by atoms with van der Waals surface area (Å²) in [4.78, 5) is 34.7. The predicted octanol–water partition coefficient (Wildman–Crippen LogP) is 3.38. The molecule has 1 amide bonds. The van der Waals surface area contributed by atoms with Crippen molar-refractivity contribution < 1.29 is 28.6 Å². The van der Waals surface area contributed by atoms with Crippen LogP contribution in [0.2, 0.25) is 0 Å². The maximum Gasteiger partial charge on any atom is 0.513 e. The van der Waals surface area contributed by atoms with Gasteiger partial charge >= 0.3 is 12.2 Å². The topological polar surface area (TPSA) is 90.9 Å². The van der Waals surface area contributed by atoms with Gasteiger partial charge in [0.1, 0.15) is 5.75 Å². The molecule has 120 valence electrons. The molecule has 1 rings (SSSR count). The molecule has 1 aromatic rings. The van der Waals surface area contributed by atoms with Crippen LogP contribution in [-0.2, 0) is 9.47 Å². The first-order valence-electron chi connectivity index (χ1n) is 6.97. The van der Waals surface area contributed by atoms with Crippen LogP contribution in [0.4, 0.5) is 15.3 Å². The highest BCUT2D eigenvalue weighted by Crippen LogP contribution is 2.25. The summed E-state index contributed by atoms with van der Waals surface area (Å²) in [6.45, 7) is 5.41. The number of ether oxygens (including phenoxy) is 3. The van der Waals surface area contributed by atoms with E-state index in [1.807, 2.05) is 0 Å². The van der Waals surface area contributed by atoms with Crippen LogP contribution in [0.15, 0.2) is 18.2 Å². The Labute approximate surface area is 128 Å². The average molecular weight is 309 g/mol. The molecule has 0 fully saturated rings. The molecule has 0 saturated carbocycles. The maximum absolute atomic E-state index is 12.0. The fraction of sp³-hybridized carbons (Fsp3) is 0.400. The maximum atomic E-state index is 12.0. The lowest BCUT2D eigenvalue weighted by molar-refractivity contribution is 0.0968. The van der Waals surface area contributed by atoms with Gasteiger partial charge in [0.25, 0.3) is 0 Å². The Hall–Kier alpha value is -2.57. The first kappa shape index (κ1) is 17.5. The number of benzene rings is 1. The SMILES string of the molecule is CCOC(=O)Nc1ccc(OC(=O)OCC)c(C(=O)CC)c1. The molecule has 0 aliphatic heterocycles. The van der Waals surface area contributed by atoms with Crippen molar-refractivity contribution in [3.05, 3.63) is 23.8 Å². The Balaban J connectivity index is 3.00. The molecule has 0 atom stereocenters. The van der Waals surface area contributed by atoms with Crippen LogP contribution >= 0.6 is 0 Å². The molecule has 7 heteroatoms. The van der Waals surface area contributed by atoms with Crippen molar-refractivity contribution in [2.45, 2.75) is 27.2 Å². The van der Waals surface area contributed by atoms with Crippen LogP contribution in [0.5, 0.6) is 5.75 Å². The molecule has 1 aromatic carbocycles. The van der Waals surface area contributed by atoms with Gasteiger partial charge in [0.2, 0.25) is 0 Å². The van der Waals surface area contributed by atoms with Gasteiger partial charge in [-0.25, -0.2) is 9.59 Å². The molecule has 0 aromatic heterocycles. The zero-order valence-corrected chi connectivity index (χ0v) is 12.8. The van der Waals surface area contributed by atoms with Gasteiger partial charge in [-0.15, -0.1) is 0 Å². The Bertz CT molecular complexity index is 555. The summed E-state index contributed by atoms with van der Waals surface area (Å²) in [6, 6.07) is 4.34. The summed E-state index contributed by atoms with van der Waals surface area (Å²) in [5.74, 6) is -0.147. The number of amides is 1. The number of carbonyl (C=O) groups excluding carboxylic acids is 3. The summed E-state index contributed by atoms with van der Waals surface area (Å²) >= 11 is 0. The summed E-state index contributed by atoms with van der Waals surface area (Å²) in [7, 11) is 0. The molecule has 0 heterocycles. The fourth-order valence-electron chi connectivity index (χ4n) is 1.63. The monoisotopic (exact) mass is 309 g/mol. The minimum absolute atomic E-state index is 0.0831. The zero-order chi connectivity index (χ0) is 16.5. The lowest BCUT2D eigenvalue weighted by Crippen LogP contribution is -2.15. The van der Waals surface area contributed by atoms with E-state index in [1.54, 1.807) is 20.8 Å². The van der Waals surface area contributed by atoms with Gasteiger partial charge in [-0.1, -0.05) is 6.92 Å². The molecule has 22 heavy (non-hydrogen) atoms. The third-order valence-electron chi connectivity index (χ3n) is 2.58. The number of rotatable bonds is 6. The second-order valence-electron chi connectivity index (χ2n) is 4.12. The van der Waals surface area contributed by atoms with E-state index in [2.05, 4.69) is 10.1 Å². The smallest absolute Gasteiger partial charge is 0.450 e. The summed E-state index contributed by atoms with van der Waals surface area (Å²) < 4.78 is 14.4. The van der Waals surface area contributed by atoms with E-state index in [1.165, 1.54) is 18.2 Å². The van der Waals surface area contributed by atoms with Crippen molar-refractivity contribution in [3.63, 3.8) is 0 Å². The number of hydrogen-bond acceptors (Lipinski definition) is 6. The molecule has 0 unspecified atom stereocenters. The summed E-state index contributed by atoms with van der Waals surface area (Å²) in [5.41, 5.74) is 0.552. The first-order valence-corrected chi connectivity index (χ1v) is 6.97. The Morgan fingerprint density at radius 1 is 1.05 bits per heavy atom. The van der Waals surface area contributed by atoms with Crippen LogP contribution in [0, 0.1) is 0 Å². The van der Waals surface area contributed by atoms with Crippen LogP contribution in [-0.4, -0.2) is 31.2 Å². The molecule has 0 bridgehead atoms. The predicted molar refractivity (Wildman–Crippen MR) is 79.4 cm³/mol. The first-order chi connectivity index (χ1) is 10.5. The highest BCUT2D eigenvalue weighted by Gasteiger charge is 2.16. The molecule has 0 saturated heterocycles. The Morgan fingerprint density at radius 3 is 2.32 bits per heavy atom. The van der Waals surface area contributed by atoms with Gasteiger partial charge in [-0.3, -0.25) is 10.1 Å². The summed E-state index contributed by atoms with van der Waals surface area (Å²) in [6.07, 6.45) is -1.29. The van der Waals surface area contributed by atoms with E-state index in [0.717, 1.165) is 0 Å². The normalized spacial score (nSPS) is 9.77. The quantitative estimate of drug-likeness (QED) is 0.492. The standard InChI is InChI=1S/C15H19NO6/c1-4-12(17)11-9-10(16-14(18)20-5-2)7-8-13(11)22-15(19)21-6-3/h7-9H,4-6H2,1-3H3,(H,16,18). The molecular weight excluding hydrogens is 290 g/mol. The van der Waals surface area contributed by atoms with Crippen LogP contribution in [0.1, 0.15) is 37.6 Å². The van der Waals surface area contributed by atoms with Crippen molar-refractivity contribution >= 4 is 23.7 Å². The second kappa shape index (κ2) is 8.66. The van der Waals surface area contributed by atoms with Crippen LogP contribution in [0.25, 0.3) is 0 Å². The van der Waals surface area contributed by atoms with E-state index in [9.17, 15) is 14.4 Å². The molecule has 0 radical (unpaired) electrons. The van der Waals surface area contributed by atoms with Crippen molar-refractivity contribution in [1.82, 2.24) is 0 Å². The number of hydrogen-bond donors (Lipinski definition) is 1. The van der Waals surface area contributed by atoms with Gasteiger partial charge in [-0.05, 0) is 32.0 Å². The molecule has 7 nitrogen and oxygen atoms in total. The van der Waals surface area contributed by atoms with Crippen LogP contribution < -0.4 is 10.1 Å². The molecule has 0 aliphatic carbocycles. The molecular formula is C15H19NO6. The van der Waals surface area contributed by atoms with Crippen LogP contribution in [0.3, 0.4) is 0 Å².